The van der Waals surface area contributed by atoms with Crippen molar-refractivity contribution >= 4 is 38.7 Å². The summed E-state index contributed by atoms with van der Waals surface area (Å²) in [5.74, 6) is 1.66. The monoisotopic (exact) mass is 338 g/mol. The van der Waals surface area contributed by atoms with Crippen molar-refractivity contribution in [3.63, 3.8) is 0 Å². The standard InChI is InChI=1S/C17H14N4S2/c1-11-20-16(19-9-12-5-2-3-7-18-12)15-13(10-23-17(15)21-11)14-6-4-8-22-14/h2-8,10H,9H2,1H3,(H,19,20,21). The topological polar surface area (TPSA) is 50.7 Å². The van der Waals surface area contributed by atoms with E-state index in [1.165, 1.54) is 10.4 Å². The van der Waals surface area contributed by atoms with E-state index in [-0.39, 0.29) is 0 Å². The molecule has 114 valence electrons. The van der Waals surface area contributed by atoms with Crippen molar-refractivity contribution in [3.05, 3.63) is 58.8 Å². The highest BCUT2D eigenvalue weighted by Gasteiger charge is 2.14. The van der Waals surface area contributed by atoms with Gasteiger partial charge in [-0.15, -0.1) is 22.7 Å². The number of thiophene rings is 2. The van der Waals surface area contributed by atoms with Gasteiger partial charge in [-0.05, 0) is 30.5 Å². The molecule has 0 bridgehead atoms. The number of hydrogen-bond acceptors (Lipinski definition) is 6. The summed E-state index contributed by atoms with van der Waals surface area (Å²) in [5, 5.41) is 8.78. The summed E-state index contributed by atoms with van der Waals surface area (Å²) in [7, 11) is 0. The molecule has 0 atom stereocenters. The van der Waals surface area contributed by atoms with Crippen LogP contribution in [0, 0.1) is 6.92 Å². The highest BCUT2D eigenvalue weighted by Crippen LogP contribution is 2.38. The molecule has 1 N–H and O–H groups in total. The molecule has 0 spiro atoms. The second-order valence-corrected chi connectivity index (χ2v) is 6.91. The van der Waals surface area contributed by atoms with Crippen LogP contribution in [-0.2, 0) is 6.54 Å². The average Bonchev–Trinajstić information content (AvgIpc) is 3.22. The van der Waals surface area contributed by atoms with Crippen LogP contribution in [0.1, 0.15) is 11.5 Å². The maximum absolute atomic E-state index is 4.62. The van der Waals surface area contributed by atoms with Crippen LogP contribution >= 0.6 is 22.7 Å². The third-order valence-corrected chi connectivity index (χ3v) is 5.27. The molecule has 4 heterocycles. The van der Waals surface area contributed by atoms with E-state index in [0.29, 0.717) is 6.54 Å². The number of nitrogens with one attached hydrogen (secondary N) is 1. The second-order valence-electron chi connectivity index (χ2n) is 5.10. The Morgan fingerprint density at radius 1 is 1.09 bits per heavy atom. The molecule has 0 aliphatic heterocycles. The zero-order chi connectivity index (χ0) is 15.6. The van der Waals surface area contributed by atoms with Crippen molar-refractivity contribution in [2.75, 3.05) is 5.32 Å². The van der Waals surface area contributed by atoms with Gasteiger partial charge >= 0.3 is 0 Å². The van der Waals surface area contributed by atoms with Gasteiger partial charge in [0.05, 0.1) is 17.6 Å². The maximum Gasteiger partial charge on any atom is 0.139 e. The van der Waals surface area contributed by atoms with E-state index in [0.717, 1.165) is 27.6 Å². The number of hydrogen-bond donors (Lipinski definition) is 1. The Kier molecular flexibility index (Phi) is 3.77. The molecule has 0 aromatic carbocycles. The van der Waals surface area contributed by atoms with Crippen molar-refractivity contribution < 1.29 is 0 Å². The first-order valence-electron chi connectivity index (χ1n) is 7.25. The number of fused-ring (bicyclic) bond motifs is 1. The highest BCUT2D eigenvalue weighted by molar-refractivity contribution is 7.18. The molecular formula is C17H14N4S2. The smallest absolute Gasteiger partial charge is 0.139 e. The van der Waals surface area contributed by atoms with Gasteiger partial charge in [0.25, 0.3) is 0 Å². The van der Waals surface area contributed by atoms with Crippen LogP contribution in [0.5, 0.6) is 0 Å². The van der Waals surface area contributed by atoms with Gasteiger partial charge in [0.2, 0.25) is 0 Å². The lowest BCUT2D eigenvalue weighted by Gasteiger charge is -2.08. The van der Waals surface area contributed by atoms with Crippen LogP contribution in [0.25, 0.3) is 20.7 Å². The summed E-state index contributed by atoms with van der Waals surface area (Å²) in [4.78, 5) is 15.8. The van der Waals surface area contributed by atoms with Crippen LogP contribution < -0.4 is 5.32 Å². The minimum Gasteiger partial charge on any atom is -0.364 e. The van der Waals surface area contributed by atoms with E-state index >= 15 is 0 Å². The zero-order valence-corrected chi connectivity index (χ0v) is 14.1. The predicted octanol–water partition coefficient (Wildman–Crippen LogP) is 4.74. The first-order valence-corrected chi connectivity index (χ1v) is 9.00. The van der Waals surface area contributed by atoms with E-state index in [2.05, 4.69) is 43.2 Å². The third kappa shape index (κ3) is 2.83. The van der Waals surface area contributed by atoms with Gasteiger partial charge in [-0.3, -0.25) is 4.98 Å². The Balaban J connectivity index is 1.77. The molecular weight excluding hydrogens is 324 g/mol. The van der Waals surface area contributed by atoms with Crippen LogP contribution in [-0.4, -0.2) is 15.0 Å². The quantitative estimate of drug-likeness (QED) is 0.584. The average molecular weight is 338 g/mol. The van der Waals surface area contributed by atoms with Gasteiger partial charge in [0.15, 0.2) is 0 Å². The van der Waals surface area contributed by atoms with E-state index in [1.807, 2.05) is 25.1 Å². The zero-order valence-electron chi connectivity index (χ0n) is 12.5. The minimum absolute atomic E-state index is 0.645. The van der Waals surface area contributed by atoms with Crippen LogP contribution in [0.4, 0.5) is 5.82 Å². The molecule has 0 fully saturated rings. The molecule has 23 heavy (non-hydrogen) atoms. The molecule has 0 saturated carbocycles. The highest BCUT2D eigenvalue weighted by atomic mass is 32.1. The van der Waals surface area contributed by atoms with Crippen LogP contribution in [0.3, 0.4) is 0 Å². The molecule has 4 aromatic heterocycles. The molecule has 0 saturated heterocycles. The largest absolute Gasteiger partial charge is 0.364 e. The minimum atomic E-state index is 0.645. The van der Waals surface area contributed by atoms with Crippen molar-refractivity contribution in [1.82, 2.24) is 15.0 Å². The fourth-order valence-corrected chi connectivity index (χ4v) is 4.27. The lowest BCUT2D eigenvalue weighted by Crippen LogP contribution is -2.05. The number of rotatable bonds is 4. The number of aromatic nitrogens is 3. The number of aryl methyl sites for hydroxylation is 1. The Bertz CT molecular complexity index is 930. The van der Waals surface area contributed by atoms with Gasteiger partial charge in [0.1, 0.15) is 16.5 Å². The molecule has 0 aliphatic carbocycles. The van der Waals surface area contributed by atoms with Gasteiger partial charge in [-0.25, -0.2) is 9.97 Å². The Labute approximate surface area is 141 Å². The summed E-state index contributed by atoms with van der Waals surface area (Å²) >= 11 is 3.40. The summed E-state index contributed by atoms with van der Waals surface area (Å²) < 4.78 is 0. The molecule has 0 radical (unpaired) electrons. The van der Waals surface area contributed by atoms with Gasteiger partial charge in [0, 0.05) is 22.0 Å². The molecule has 0 aliphatic rings. The Hall–Kier alpha value is -2.31. The summed E-state index contributed by atoms with van der Waals surface area (Å²) in [5.41, 5.74) is 2.19. The Morgan fingerprint density at radius 2 is 2.04 bits per heavy atom. The fraction of sp³-hybridized carbons (Fsp3) is 0.118. The molecule has 6 heteroatoms. The van der Waals surface area contributed by atoms with Crippen LogP contribution in [0.15, 0.2) is 47.3 Å². The predicted molar refractivity (Wildman–Crippen MR) is 97.0 cm³/mol. The van der Waals surface area contributed by atoms with Crippen molar-refractivity contribution in [1.29, 1.82) is 0 Å². The molecule has 4 nitrogen and oxygen atoms in total. The van der Waals surface area contributed by atoms with Gasteiger partial charge in [-0.1, -0.05) is 12.1 Å². The van der Waals surface area contributed by atoms with E-state index in [9.17, 15) is 0 Å². The summed E-state index contributed by atoms with van der Waals surface area (Å²) in [6.07, 6.45) is 1.81. The molecule has 4 rings (SSSR count). The lowest BCUT2D eigenvalue weighted by molar-refractivity contribution is 1.01. The number of pyridine rings is 1. The first kappa shape index (κ1) is 14.3. The van der Waals surface area contributed by atoms with E-state index in [4.69, 9.17) is 0 Å². The van der Waals surface area contributed by atoms with Crippen LogP contribution in [0.2, 0.25) is 0 Å². The fourth-order valence-electron chi connectivity index (χ4n) is 2.47. The third-order valence-electron chi connectivity index (χ3n) is 3.50. The van der Waals surface area contributed by atoms with Gasteiger partial charge in [-0.2, -0.15) is 0 Å². The van der Waals surface area contributed by atoms with Crippen molar-refractivity contribution in [2.45, 2.75) is 13.5 Å². The number of nitrogens with zero attached hydrogens (tertiary/aromatic N) is 3. The maximum atomic E-state index is 4.62. The SMILES string of the molecule is Cc1nc(NCc2ccccn2)c2c(-c3cccs3)csc2n1. The van der Waals surface area contributed by atoms with E-state index in [1.54, 1.807) is 28.9 Å². The number of anilines is 1. The second kappa shape index (κ2) is 6.06. The lowest BCUT2D eigenvalue weighted by atomic mass is 10.2. The van der Waals surface area contributed by atoms with Gasteiger partial charge < -0.3 is 5.32 Å². The Morgan fingerprint density at radius 3 is 2.83 bits per heavy atom. The van der Waals surface area contributed by atoms with Crippen molar-refractivity contribution in [3.8, 4) is 10.4 Å². The first-order chi connectivity index (χ1) is 11.3. The molecule has 4 aromatic rings. The molecule has 0 amide bonds. The normalized spacial score (nSPS) is 11.0. The summed E-state index contributed by atoms with van der Waals surface area (Å²) in [6, 6.07) is 10.1. The molecule has 0 unspecified atom stereocenters. The summed E-state index contributed by atoms with van der Waals surface area (Å²) in [6.45, 7) is 2.57. The van der Waals surface area contributed by atoms with E-state index < -0.39 is 0 Å². The van der Waals surface area contributed by atoms with Crippen molar-refractivity contribution in [2.24, 2.45) is 0 Å².